The number of carbonyl (C=O) groups is 2. The van der Waals surface area contributed by atoms with Crippen LogP contribution in [0.1, 0.15) is 34.5 Å². The zero-order valence-electron chi connectivity index (χ0n) is 18.5. The summed E-state index contributed by atoms with van der Waals surface area (Å²) in [4.78, 5) is 28.2. The number of fused-ring (bicyclic) bond motifs is 1. The van der Waals surface area contributed by atoms with Gasteiger partial charge in [-0.1, -0.05) is 6.07 Å². The summed E-state index contributed by atoms with van der Waals surface area (Å²) in [5, 5.41) is 18.8. The van der Waals surface area contributed by atoms with Crippen molar-refractivity contribution in [2.45, 2.75) is 44.4 Å². The van der Waals surface area contributed by atoms with Gasteiger partial charge in [-0.15, -0.1) is 0 Å². The first-order chi connectivity index (χ1) is 16.4. The van der Waals surface area contributed by atoms with E-state index in [-0.39, 0.29) is 5.56 Å². The number of anilines is 1. The van der Waals surface area contributed by atoms with Crippen LogP contribution in [0.15, 0.2) is 24.5 Å². The molecule has 0 aliphatic carbocycles. The van der Waals surface area contributed by atoms with Crippen LogP contribution in [-0.2, 0) is 34.2 Å². The molecule has 1 atom stereocenters. The van der Waals surface area contributed by atoms with E-state index in [1.54, 1.807) is 4.72 Å². The normalized spacial score (nSPS) is 14.6. The Kier molecular flexibility index (Phi) is 8.32. The number of pyridine rings is 1. The Hall–Kier alpha value is -3.20. The minimum atomic E-state index is -4.71. The fourth-order valence-electron chi connectivity index (χ4n) is 3.34. The minimum Gasteiger partial charge on any atom is -0.480 e. The molecule has 0 saturated heterocycles. The van der Waals surface area contributed by atoms with Crippen molar-refractivity contribution in [1.29, 1.82) is 0 Å². The molecule has 1 amide bonds. The second-order valence-corrected chi connectivity index (χ2v) is 9.86. The van der Waals surface area contributed by atoms with Crippen LogP contribution in [0.25, 0.3) is 0 Å². The predicted octanol–water partition coefficient (Wildman–Crippen LogP) is 0.934. The molecule has 2 aromatic heterocycles. The number of hydrogen-bond acceptors (Lipinski definition) is 7. The number of nitrogens with one attached hydrogen (secondary N) is 3. The molecule has 1 aliphatic rings. The standard InChI is InChI=1S/C20H25F3N6O5S/c21-20(22,23)6-9-35(33,34)28-16(19(31)32)11-25-18(30)14-10-26-29(12-14)8-5-15-4-3-13-2-1-7-24-17(13)27-15/h3-4,10,12,16,28H,1-2,5-9,11H2,(H,24,27)(H,25,30)(H,31,32). The number of carboxylic acid groups (broad SMARTS) is 1. The van der Waals surface area contributed by atoms with Crippen molar-refractivity contribution in [3.05, 3.63) is 41.3 Å². The van der Waals surface area contributed by atoms with E-state index < -0.39 is 52.8 Å². The molecule has 35 heavy (non-hydrogen) atoms. The number of hydrogen-bond donors (Lipinski definition) is 4. The number of aryl methyl sites for hydroxylation is 3. The molecule has 3 heterocycles. The second kappa shape index (κ2) is 11.0. The molecule has 192 valence electrons. The maximum absolute atomic E-state index is 12.3. The lowest BCUT2D eigenvalue weighted by molar-refractivity contribution is -0.138. The third kappa shape index (κ3) is 8.20. The highest BCUT2D eigenvalue weighted by atomic mass is 32.2. The largest absolute Gasteiger partial charge is 0.480 e. The summed E-state index contributed by atoms with van der Waals surface area (Å²) in [6, 6.07) is 2.13. The molecule has 0 radical (unpaired) electrons. The molecule has 15 heteroatoms. The zero-order valence-corrected chi connectivity index (χ0v) is 19.3. The highest BCUT2D eigenvalue weighted by Crippen LogP contribution is 2.20. The van der Waals surface area contributed by atoms with Gasteiger partial charge in [0.2, 0.25) is 10.0 Å². The maximum Gasteiger partial charge on any atom is 0.390 e. The third-order valence-corrected chi connectivity index (χ3v) is 6.57. The summed E-state index contributed by atoms with van der Waals surface area (Å²) < 4.78 is 63.5. The van der Waals surface area contributed by atoms with Crippen LogP contribution in [0.5, 0.6) is 0 Å². The first-order valence-electron chi connectivity index (χ1n) is 10.7. The molecule has 0 fully saturated rings. The number of carbonyl (C=O) groups excluding carboxylic acids is 1. The number of amides is 1. The molecule has 0 saturated carbocycles. The molecule has 0 aromatic carbocycles. The van der Waals surface area contributed by atoms with Gasteiger partial charge in [0.15, 0.2) is 0 Å². The van der Waals surface area contributed by atoms with E-state index in [9.17, 15) is 36.3 Å². The lowest BCUT2D eigenvalue weighted by Crippen LogP contribution is -2.49. The Balaban J connectivity index is 1.51. The number of alkyl halides is 3. The Labute approximate surface area is 199 Å². The van der Waals surface area contributed by atoms with Gasteiger partial charge >= 0.3 is 12.1 Å². The molecular formula is C20H25F3N6O5S. The van der Waals surface area contributed by atoms with Gasteiger partial charge in [0.25, 0.3) is 5.91 Å². The van der Waals surface area contributed by atoms with Crippen molar-refractivity contribution in [3.63, 3.8) is 0 Å². The van der Waals surface area contributed by atoms with E-state index >= 15 is 0 Å². The van der Waals surface area contributed by atoms with Crippen LogP contribution in [0, 0.1) is 0 Å². The van der Waals surface area contributed by atoms with E-state index in [0.717, 1.165) is 30.9 Å². The van der Waals surface area contributed by atoms with Crippen LogP contribution in [0.3, 0.4) is 0 Å². The van der Waals surface area contributed by atoms with E-state index in [4.69, 9.17) is 0 Å². The van der Waals surface area contributed by atoms with Crippen LogP contribution in [-0.4, -0.2) is 71.2 Å². The summed E-state index contributed by atoms with van der Waals surface area (Å²) in [6.45, 7) is 0.630. The quantitative estimate of drug-likeness (QED) is 0.343. The topological polar surface area (TPSA) is 155 Å². The molecule has 4 N–H and O–H groups in total. The number of aromatic nitrogens is 3. The number of nitrogens with zero attached hydrogens (tertiary/aromatic N) is 3. The molecule has 0 spiro atoms. The summed E-state index contributed by atoms with van der Waals surface area (Å²) in [7, 11) is -4.54. The van der Waals surface area contributed by atoms with Crippen LogP contribution >= 0.6 is 0 Å². The van der Waals surface area contributed by atoms with Crippen LogP contribution in [0.4, 0.5) is 19.0 Å². The highest BCUT2D eigenvalue weighted by Gasteiger charge is 2.32. The van der Waals surface area contributed by atoms with Gasteiger partial charge in [-0.2, -0.15) is 23.0 Å². The Morgan fingerprint density at radius 1 is 1.29 bits per heavy atom. The lowest BCUT2D eigenvalue weighted by Gasteiger charge is -2.17. The van der Waals surface area contributed by atoms with Gasteiger partial charge in [-0.3, -0.25) is 14.3 Å². The first-order valence-corrected chi connectivity index (χ1v) is 12.4. The zero-order chi connectivity index (χ0) is 25.6. The van der Waals surface area contributed by atoms with Crippen molar-refractivity contribution < 1.29 is 36.3 Å². The molecule has 3 rings (SSSR count). The van der Waals surface area contributed by atoms with E-state index in [0.29, 0.717) is 13.0 Å². The smallest absolute Gasteiger partial charge is 0.390 e. The highest BCUT2D eigenvalue weighted by molar-refractivity contribution is 7.89. The van der Waals surface area contributed by atoms with Crippen molar-refractivity contribution in [2.24, 2.45) is 0 Å². The summed E-state index contributed by atoms with van der Waals surface area (Å²) in [5.74, 6) is -2.82. The van der Waals surface area contributed by atoms with Crippen molar-refractivity contribution in [2.75, 3.05) is 24.2 Å². The van der Waals surface area contributed by atoms with Crippen molar-refractivity contribution >= 4 is 27.7 Å². The number of rotatable bonds is 11. The monoisotopic (exact) mass is 518 g/mol. The maximum atomic E-state index is 12.3. The number of sulfonamides is 1. The van der Waals surface area contributed by atoms with E-state index in [1.807, 2.05) is 12.1 Å². The molecule has 1 aliphatic heterocycles. The van der Waals surface area contributed by atoms with Gasteiger partial charge in [0.1, 0.15) is 11.9 Å². The first kappa shape index (κ1) is 26.4. The SMILES string of the molecule is O=C(NCC(NS(=O)(=O)CCC(F)(F)F)C(=O)O)c1cnn(CCc2ccc3c(n2)NCCC3)c1. The average molecular weight is 519 g/mol. The van der Waals surface area contributed by atoms with E-state index in [1.165, 1.54) is 22.6 Å². The van der Waals surface area contributed by atoms with E-state index in [2.05, 4.69) is 20.7 Å². The minimum absolute atomic E-state index is 0.106. The molecule has 0 bridgehead atoms. The number of carboxylic acids is 1. The fourth-order valence-corrected chi connectivity index (χ4v) is 4.58. The van der Waals surface area contributed by atoms with Gasteiger partial charge < -0.3 is 15.7 Å². The van der Waals surface area contributed by atoms with Gasteiger partial charge in [0.05, 0.1) is 23.9 Å². The predicted molar refractivity (Wildman–Crippen MR) is 118 cm³/mol. The summed E-state index contributed by atoms with van der Waals surface area (Å²) in [5.41, 5.74) is 2.12. The second-order valence-electron chi connectivity index (χ2n) is 7.99. The van der Waals surface area contributed by atoms with Crippen molar-refractivity contribution in [3.8, 4) is 0 Å². The van der Waals surface area contributed by atoms with Gasteiger partial charge in [-0.25, -0.2) is 13.4 Å². The Morgan fingerprint density at radius 3 is 2.77 bits per heavy atom. The Bertz CT molecular complexity index is 1170. The van der Waals surface area contributed by atoms with Gasteiger partial charge in [0, 0.05) is 37.9 Å². The number of halogens is 3. The lowest BCUT2D eigenvalue weighted by atomic mass is 10.1. The number of aliphatic carboxylic acids is 1. The van der Waals surface area contributed by atoms with Crippen LogP contribution < -0.4 is 15.4 Å². The van der Waals surface area contributed by atoms with Gasteiger partial charge in [-0.05, 0) is 24.5 Å². The Morgan fingerprint density at radius 2 is 2.06 bits per heavy atom. The summed E-state index contributed by atoms with van der Waals surface area (Å²) >= 11 is 0. The summed E-state index contributed by atoms with van der Waals surface area (Å²) in [6.07, 6.45) is -1.05. The molecule has 1 unspecified atom stereocenters. The van der Waals surface area contributed by atoms with Crippen molar-refractivity contribution in [1.82, 2.24) is 24.8 Å². The third-order valence-electron chi connectivity index (χ3n) is 5.19. The molecular weight excluding hydrogens is 493 g/mol. The molecule has 2 aromatic rings. The van der Waals surface area contributed by atoms with Crippen LogP contribution in [0.2, 0.25) is 0 Å². The average Bonchev–Trinajstić information content (AvgIpc) is 3.27. The fraction of sp³-hybridized carbons (Fsp3) is 0.500. The molecule has 11 nitrogen and oxygen atoms in total.